The average Bonchev–Trinajstić information content (AvgIpc) is 2.93. The molecule has 6 heteroatoms. The number of nitrogens with zero attached hydrogens (tertiary/aromatic N) is 4. The highest BCUT2D eigenvalue weighted by atomic mass is 35.5. The van der Waals surface area contributed by atoms with E-state index in [1.807, 2.05) is 30.3 Å². The molecule has 5 nitrogen and oxygen atoms in total. The number of anilines is 2. The highest BCUT2D eigenvalue weighted by Crippen LogP contribution is 2.27. The number of methoxy groups -OCH3 is 1. The van der Waals surface area contributed by atoms with Crippen molar-refractivity contribution in [2.24, 2.45) is 0 Å². The van der Waals surface area contributed by atoms with Crippen molar-refractivity contribution in [1.29, 1.82) is 0 Å². The van der Waals surface area contributed by atoms with E-state index in [0.29, 0.717) is 5.02 Å². The van der Waals surface area contributed by atoms with E-state index in [-0.39, 0.29) is 0 Å². The zero-order valence-electron chi connectivity index (χ0n) is 14.7. The quantitative estimate of drug-likeness (QED) is 0.698. The standard InChI is InChI=1S/C20H21ClN4O/c1-26-17-6-4-16(5-7-17)24-9-2-10-25(12-11-24)20-18-8-3-15(21)13-19(18)22-14-23-20/h3-8,13-14H,2,9-12H2,1H3. The number of benzene rings is 2. The molecule has 0 N–H and O–H groups in total. The van der Waals surface area contributed by atoms with Crippen LogP contribution in [0.2, 0.25) is 5.02 Å². The lowest BCUT2D eigenvalue weighted by Crippen LogP contribution is -2.31. The second-order valence-electron chi connectivity index (χ2n) is 6.38. The molecule has 0 aliphatic carbocycles. The predicted molar refractivity (Wildman–Crippen MR) is 107 cm³/mol. The second-order valence-corrected chi connectivity index (χ2v) is 6.82. The molecule has 0 saturated carbocycles. The molecule has 134 valence electrons. The normalized spacial score (nSPS) is 15.2. The van der Waals surface area contributed by atoms with Crippen molar-refractivity contribution in [3.05, 3.63) is 53.8 Å². The van der Waals surface area contributed by atoms with Gasteiger partial charge in [-0.15, -0.1) is 0 Å². The van der Waals surface area contributed by atoms with Gasteiger partial charge in [-0.1, -0.05) is 11.6 Å². The Morgan fingerprint density at radius 3 is 2.50 bits per heavy atom. The molecule has 0 spiro atoms. The third kappa shape index (κ3) is 3.40. The van der Waals surface area contributed by atoms with Crippen molar-refractivity contribution in [1.82, 2.24) is 9.97 Å². The topological polar surface area (TPSA) is 41.5 Å². The van der Waals surface area contributed by atoms with Gasteiger partial charge in [-0.2, -0.15) is 0 Å². The number of ether oxygens (including phenoxy) is 1. The molecule has 4 rings (SSSR count). The number of fused-ring (bicyclic) bond motifs is 1. The minimum atomic E-state index is 0.698. The first-order valence-electron chi connectivity index (χ1n) is 8.79. The Morgan fingerprint density at radius 1 is 0.923 bits per heavy atom. The molecule has 2 aromatic carbocycles. The number of hydrogen-bond acceptors (Lipinski definition) is 5. The fourth-order valence-electron chi connectivity index (χ4n) is 3.45. The smallest absolute Gasteiger partial charge is 0.139 e. The van der Waals surface area contributed by atoms with Crippen LogP contribution in [0.15, 0.2) is 48.8 Å². The van der Waals surface area contributed by atoms with E-state index in [0.717, 1.165) is 55.1 Å². The summed E-state index contributed by atoms with van der Waals surface area (Å²) in [6.45, 7) is 3.87. The monoisotopic (exact) mass is 368 g/mol. The van der Waals surface area contributed by atoms with Crippen LogP contribution in [0.1, 0.15) is 6.42 Å². The van der Waals surface area contributed by atoms with E-state index in [1.54, 1.807) is 13.4 Å². The fourth-order valence-corrected chi connectivity index (χ4v) is 3.61. The Hall–Kier alpha value is -2.53. The first-order valence-corrected chi connectivity index (χ1v) is 9.16. The Labute approximate surface area is 158 Å². The number of halogens is 1. The Balaban J connectivity index is 1.55. The van der Waals surface area contributed by atoms with Gasteiger partial charge in [0.25, 0.3) is 0 Å². The van der Waals surface area contributed by atoms with Crippen LogP contribution < -0.4 is 14.5 Å². The molecular formula is C20H21ClN4O. The molecule has 26 heavy (non-hydrogen) atoms. The van der Waals surface area contributed by atoms with Gasteiger partial charge < -0.3 is 14.5 Å². The summed E-state index contributed by atoms with van der Waals surface area (Å²) in [7, 11) is 1.69. The highest BCUT2D eigenvalue weighted by Gasteiger charge is 2.18. The van der Waals surface area contributed by atoms with Crippen molar-refractivity contribution in [3.63, 3.8) is 0 Å². The lowest BCUT2D eigenvalue weighted by Gasteiger charge is -2.25. The van der Waals surface area contributed by atoms with Crippen molar-refractivity contribution < 1.29 is 4.74 Å². The summed E-state index contributed by atoms with van der Waals surface area (Å²) >= 11 is 6.10. The lowest BCUT2D eigenvalue weighted by atomic mass is 10.2. The molecule has 2 heterocycles. The van der Waals surface area contributed by atoms with Crippen LogP contribution in [0.5, 0.6) is 5.75 Å². The molecular weight excluding hydrogens is 348 g/mol. The summed E-state index contributed by atoms with van der Waals surface area (Å²) in [6, 6.07) is 14.1. The fraction of sp³-hybridized carbons (Fsp3) is 0.300. The van der Waals surface area contributed by atoms with Gasteiger partial charge in [-0.25, -0.2) is 9.97 Å². The van der Waals surface area contributed by atoms with Crippen LogP contribution in [0.4, 0.5) is 11.5 Å². The molecule has 0 bridgehead atoms. The average molecular weight is 369 g/mol. The van der Waals surface area contributed by atoms with Crippen molar-refractivity contribution in [3.8, 4) is 5.75 Å². The van der Waals surface area contributed by atoms with Gasteiger partial charge in [0.05, 0.1) is 12.6 Å². The van der Waals surface area contributed by atoms with Gasteiger partial charge in [0.2, 0.25) is 0 Å². The van der Waals surface area contributed by atoms with Gasteiger partial charge in [-0.05, 0) is 48.9 Å². The molecule has 1 aliphatic heterocycles. The summed E-state index contributed by atoms with van der Waals surface area (Å²) < 4.78 is 5.26. The minimum Gasteiger partial charge on any atom is -0.497 e. The SMILES string of the molecule is COc1ccc(N2CCCN(c3ncnc4cc(Cl)ccc34)CC2)cc1. The predicted octanol–water partition coefficient (Wildman–Crippen LogP) is 4.01. The van der Waals surface area contributed by atoms with E-state index < -0.39 is 0 Å². The molecule has 1 fully saturated rings. The van der Waals surface area contributed by atoms with Crippen LogP contribution in [0.25, 0.3) is 10.9 Å². The summed E-state index contributed by atoms with van der Waals surface area (Å²) in [5, 5.41) is 1.75. The van der Waals surface area contributed by atoms with Crippen molar-refractivity contribution in [2.75, 3.05) is 43.1 Å². The number of rotatable bonds is 3. The molecule has 1 aromatic heterocycles. The van der Waals surface area contributed by atoms with Gasteiger partial charge in [0, 0.05) is 42.3 Å². The molecule has 0 atom stereocenters. The number of hydrogen-bond donors (Lipinski definition) is 0. The van der Waals surface area contributed by atoms with Crippen LogP contribution in [0.3, 0.4) is 0 Å². The lowest BCUT2D eigenvalue weighted by molar-refractivity contribution is 0.415. The summed E-state index contributed by atoms with van der Waals surface area (Å²) in [5.74, 6) is 1.87. The van der Waals surface area contributed by atoms with Crippen LogP contribution >= 0.6 is 11.6 Å². The maximum absolute atomic E-state index is 6.10. The Kier molecular flexibility index (Phi) is 4.80. The first kappa shape index (κ1) is 16.9. The molecule has 0 unspecified atom stereocenters. The van der Waals surface area contributed by atoms with Gasteiger partial charge >= 0.3 is 0 Å². The molecule has 0 radical (unpaired) electrons. The molecule has 1 saturated heterocycles. The third-order valence-corrected chi connectivity index (χ3v) is 5.05. The van der Waals surface area contributed by atoms with E-state index in [2.05, 4.69) is 31.9 Å². The summed E-state index contributed by atoms with van der Waals surface area (Å²) in [5.41, 5.74) is 2.12. The second kappa shape index (κ2) is 7.38. The molecule has 3 aromatic rings. The minimum absolute atomic E-state index is 0.698. The zero-order chi connectivity index (χ0) is 17.9. The van der Waals surface area contributed by atoms with Crippen molar-refractivity contribution in [2.45, 2.75) is 6.42 Å². The van der Waals surface area contributed by atoms with Crippen LogP contribution in [-0.2, 0) is 0 Å². The van der Waals surface area contributed by atoms with E-state index >= 15 is 0 Å². The largest absolute Gasteiger partial charge is 0.497 e. The highest BCUT2D eigenvalue weighted by molar-refractivity contribution is 6.31. The first-order chi connectivity index (χ1) is 12.7. The maximum Gasteiger partial charge on any atom is 0.139 e. The summed E-state index contributed by atoms with van der Waals surface area (Å²) in [4.78, 5) is 13.7. The van der Waals surface area contributed by atoms with Crippen LogP contribution in [0, 0.1) is 0 Å². The van der Waals surface area contributed by atoms with Crippen LogP contribution in [-0.4, -0.2) is 43.3 Å². The Morgan fingerprint density at radius 2 is 1.69 bits per heavy atom. The Bertz CT molecular complexity index is 900. The van der Waals surface area contributed by atoms with Gasteiger partial charge in [0.1, 0.15) is 17.9 Å². The molecule has 0 amide bonds. The van der Waals surface area contributed by atoms with E-state index in [4.69, 9.17) is 16.3 Å². The number of aromatic nitrogens is 2. The third-order valence-electron chi connectivity index (χ3n) is 4.81. The van der Waals surface area contributed by atoms with Gasteiger partial charge in [0.15, 0.2) is 0 Å². The maximum atomic E-state index is 6.10. The van der Waals surface area contributed by atoms with E-state index in [9.17, 15) is 0 Å². The molecule has 1 aliphatic rings. The van der Waals surface area contributed by atoms with Gasteiger partial charge in [-0.3, -0.25) is 0 Å². The zero-order valence-corrected chi connectivity index (χ0v) is 15.5. The summed E-state index contributed by atoms with van der Waals surface area (Å²) in [6.07, 6.45) is 2.70. The van der Waals surface area contributed by atoms with Crippen molar-refractivity contribution >= 4 is 34.0 Å². The van der Waals surface area contributed by atoms with E-state index in [1.165, 1.54) is 5.69 Å².